The van der Waals surface area contributed by atoms with Crippen molar-refractivity contribution in [1.29, 1.82) is 0 Å². The maximum Gasteiger partial charge on any atom is 0.129 e. The van der Waals surface area contributed by atoms with E-state index in [-0.39, 0.29) is 12.4 Å². The van der Waals surface area contributed by atoms with Crippen LogP contribution in [0.5, 0.6) is 0 Å². The summed E-state index contributed by atoms with van der Waals surface area (Å²) in [6, 6.07) is 12.7. The zero-order valence-corrected chi connectivity index (χ0v) is 9.68. The summed E-state index contributed by atoms with van der Waals surface area (Å²) < 4.78 is 15.4. The highest BCUT2D eigenvalue weighted by atomic mass is 19.1. The van der Waals surface area contributed by atoms with Gasteiger partial charge in [-0.15, -0.1) is 0 Å². The fourth-order valence-electron chi connectivity index (χ4n) is 2.11. The first kappa shape index (κ1) is 10.9. The van der Waals surface area contributed by atoms with Gasteiger partial charge in [0.15, 0.2) is 0 Å². The number of fused-ring (bicyclic) bond motifs is 1. The van der Waals surface area contributed by atoms with Crippen molar-refractivity contribution in [3.8, 4) is 5.69 Å². The van der Waals surface area contributed by atoms with Gasteiger partial charge in [0.25, 0.3) is 0 Å². The van der Waals surface area contributed by atoms with Gasteiger partial charge in [0.1, 0.15) is 5.82 Å². The maximum absolute atomic E-state index is 13.7. The molecule has 0 atom stereocenters. The summed E-state index contributed by atoms with van der Waals surface area (Å²) in [6.07, 6.45) is 1.76. The van der Waals surface area contributed by atoms with Crippen molar-refractivity contribution in [2.24, 2.45) is 5.73 Å². The molecular formula is C14H12FN3. The van der Waals surface area contributed by atoms with Crippen molar-refractivity contribution in [1.82, 2.24) is 9.78 Å². The van der Waals surface area contributed by atoms with Crippen LogP contribution < -0.4 is 5.73 Å². The molecule has 18 heavy (non-hydrogen) atoms. The highest BCUT2D eigenvalue weighted by Gasteiger charge is 2.11. The van der Waals surface area contributed by atoms with Gasteiger partial charge in [-0.05, 0) is 18.2 Å². The second-order valence-electron chi connectivity index (χ2n) is 4.06. The van der Waals surface area contributed by atoms with Crippen molar-refractivity contribution in [2.45, 2.75) is 6.54 Å². The van der Waals surface area contributed by atoms with E-state index in [1.54, 1.807) is 16.9 Å². The Labute approximate surface area is 104 Å². The molecule has 2 aromatic carbocycles. The first-order valence-corrected chi connectivity index (χ1v) is 5.72. The minimum Gasteiger partial charge on any atom is -0.326 e. The average molecular weight is 241 g/mol. The number of hydrogen-bond acceptors (Lipinski definition) is 2. The van der Waals surface area contributed by atoms with E-state index in [0.717, 1.165) is 10.9 Å². The molecule has 0 saturated heterocycles. The maximum atomic E-state index is 13.7. The molecule has 3 rings (SSSR count). The van der Waals surface area contributed by atoms with Gasteiger partial charge in [-0.2, -0.15) is 5.10 Å². The number of nitrogens with zero attached hydrogens (tertiary/aromatic N) is 2. The zero-order valence-electron chi connectivity index (χ0n) is 9.68. The molecular weight excluding hydrogens is 229 g/mol. The van der Waals surface area contributed by atoms with Crippen LogP contribution >= 0.6 is 0 Å². The van der Waals surface area contributed by atoms with Crippen molar-refractivity contribution < 1.29 is 4.39 Å². The summed E-state index contributed by atoms with van der Waals surface area (Å²) in [6.45, 7) is 0.149. The number of rotatable bonds is 2. The average Bonchev–Trinajstić information content (AvgIpc) is 2.82. The molecule has 3 nitrogen and oxygen atoms in total. The number of hydrogen-bond donors (Lipinski definition) is 1. The van der Waals surface area contributed by atoms with Gasteiger partial charge in [-0.25, -0.2) is 9.07 Å². The molecule has 0 radical (unpaired) electrons. The fraction of sp³-hybridized carbons (Fsp3) is 0.0714. The molecule has 90 valence electrons. The molecule has 0 amide bonds. The van der Waals surface area contributed by atoms with Gasteiger partial charge in [0, 0.05) is 17.5 Å². The quantitative estimate of drug-likeness (QED) is 0.749. The predicted molar refractivity (Wildman–Crippen MR) is 68.9 cm³/mol. The summed E-state index contributed by atoms with van der Waals surface area (Å²) in [5, 5.41) is 5.33. The Balaban J connectivity index is 2.30. The Kier molecular flexibility index (Phi) is 2.57. The molecule has 0 aliphatic heterocycles. The van der Waals surface area contributed by atoms with Gasteiger partial charge < -0.3 is 5.73 Å². The van der Waals surface area contributed by atoms with E-state index >= 15 is 0 Å². The van der Waals surface area contributed by atoms with Gasteiger partial charge >= 0.3 is 0 Å². The fourth-order valence-corrected chi connectivity index (χ4v) is 2.11. The molecule has 0 fully saturated rings. The lowest BCUT2D eigenvalue weighted by atomic mass is 10.1. The topological polar surface area (TPSA) is 43.8 Å². The molecule has 4 heteroatoms. The molecule has 0 unspecified atom stereocenters. The normalized spacial score (nSPS) is 11.0. The highest BCUT2D eigenvalue weighted by molar-refractivity contribution is 5.80. The van der Waals surface area contributed by atoms with Gasteiger partial charge in [0.05, 0.1) is 17.4 Å². The Morgan fingerprint density at radius 1 is 1.11 bits per heavy atom. The van der Waals surface area contributed by atoms with E-state index < -0.39 is 0 Å². The third-order valence-corrected chi connectivity index (χ3v) is 3.00. The Hall–Kier alpha value is -2.20. The van der Waals surface area contributed by atoms with E-state index in [2.05, 4.69) is 5.10 Å². The van der Waals surface area contributed by atoms with Crippen LogP contribution in [0.2, 0.25) is 0 Å². The standard InChI is InChI=1S/C14H12FN3/c15-12-5-3-7-14(11(12)8-16)18-13-6-2-1-4-10(13)9-17-18/h1-7,9H,8,16H2. The number of halogens is 1. The Bertz CT molecular complexity index is 703. The lowest BCUT2D eigenvalue weighted by molar-refractivity contribution is 0.607. The first-order chi connectivity index (χ1) is 8.81. The van der Waals surface area contributed by atoms with Crippen molar-refractivity contribution in [3.63, 3.8) is 0 Å². The van der Waals surface area contributed by atoms with E-state index in [4.69, 9.17) is 5.73 Å². The van der Waals surface area contributed by atoms with Gasteiger partial charge in [-0.3, -0.25) is 0 Å². The SMILES string of the molecule is NCc1c(F)cccc1-n1ncc2ccccc21. The lowest BCUT2D eigenvalue weighted by Crippen LogP contribution is -2.07. The van der Waals surface area contributed by atoms with Crippen LogP contribution in [0.1, 0.15) is 5.56 Å². The van der Waals surface area contributed by atoms with Crippen molar-refractivity contribution >= 4 is 10.9 Å². The van der Waals surface area contributed by atoms with Crippen LogP contribution in [-0.2, 0) is 6.54 Å². The molecule has 2 N–H and O–H groups in total. The highest BCUT2D eigenvalue weighted by Crippen LogP contribution is 2.22. The molecule has 0 aliphatic carbocycles. The number of nitrogens with two attached hydrogens (primary N) is 1. The van der Waals surface area contributed by atoms with Gasteiger partial charge in [-0.1, -0.05) is 24.3 Å². The Morgan fingerprint density at radius 3 is 2.78 bits per heavy atom. The number of para-hydroxylation sites is 1. The summed E-state index contributed by atoms with van der Waals surface area (Å²) in [4.78, 5) is 0. The summed E-state index contributed by atoms with van der Waals surface area (Å²) in [5.74, 6) is -0.297. The molecule has 0 saturated carbocycles. The molecule has 0 aliphatic rings. The van der Waals surface area contributed by atoms with Crippen LogP contribution in [0.4, 0.5) is 4.39 Å². The smallest absolute Gasteiger partial charge is 0.129 e. The van der Waals surface area contributed by atoms with Crippen molar-refractivity contribution in [2.75, 3.05) is 0 Å². The third-order valence-electron chi connectivity index (χ3n) is 3.00. The summed E-state index contributed by atoms with van der Waals surface area (Å²) in [5.41, 5.74) is 7.73. The van der Waals surface area contributed by atoms with Crippen LogP contribution in [-0.4, -0.2) is 9.78 Å². The molecule has 0 spiro atoms. The molecule has 1 heterocycles. The second-order valence-corrected chi connectivity index (χ2v) is 4.06. The van der Waals surface area contributed by atoms with E-state index in [1.165, 1.54) is 6.07 Å². The minimum absolute atomic E-state index is 0.149. The van der Waals surface area contributed by atoms with Crippen LogP contribution in [0.25, 0.3) is 16.6 Å². The van der Waals surface area contributed by atoms with Crippen molar-refractivity contribution in [3.05, 3.63) is 60.0 Å². The van der Waals surface area contributed by atoms with E-state index in [1.807, 2.05) is 30.3 Å². The molecule has 1 aromatic heterocycles. The van der Waals surface area contributed by atoms with Gasteiger partial charge in [0.2, 0.25) is 0 Å². The van der Waals surface area contributed by atoms with Crippen LogP contribution in [0.15, 0.2) is 48.7 Å². The Morgan fingerprint density at radius 2 is 1.94 bits per heavy atom. The number of benzene rings is 2. The van der Waals surface area contributed by atoms with Crippen LogP contribution in [0.3, 0.4) is 0 Å². The van der Waals surface area contributed by atoms with E-state index in [0.29, 0.717) is 11.3 Å². The lowest BCUT2D eigenvalue weighted by Gasteiger charge is -2.09. The second kappa shape index (κ2) is 4.23. The summed E-state index contributed by atoms with van der Waals surface area (Å²) in [7, 11) is 0. The predicted octanol–water partition coefficient (Wildman–Crippen LogP) is 2.62. The summed E-state index contributed by atoms with van der Waals surface area (Å²) >= 11 is 0. The third kappa shape index (κ3) is 1.58. The zero-order chi connectivity index (χ0) is 12.5. The van der Waals surface area contributed by atoms with Crippen LogP contribution in [0, 0.1) is 5.82 Å². The number of aromatic nitrogens is 2. The first-order valence-electron chi connectivity index (χ1n) is 5.72. The minimum atomic E-state index is -0.297. The van der Waals surface area contributed by atoms with E-state index in [9.17, 15) is 4.39 Å². The molecule has 3 aromatic rings. The molecule has 0 bridgehead atoms. The largest absolute Gasteiger partial charge is 0.326 e. The monoisotopic (exact) mass is 241 g/mol.